The average molecular weight is 303 g/mol. The van der Waals surface area contributed by atoms with E-state index in [-0.39, 0.29) is 18.6 Å². The number of hydrogen-bond donors (Lipinski definition) is 1. The Kier molecular flexibility index (Phi) is 4.82. The molecule has 22 heavy (non-hydrogen) atoms. The number of carbonyl (C=O) groups excluding carboxylic acids is 2. The van der Waals surface area contributed by atoms with Crippen LogP contribution in [0.25, 0.3) is 11.4 Å². The van der Waals surface area contributed by atoms with Crippen molar-refractivity contribution in [2.75, 3.05) is 7.05 Å². The fraction of sp³-hybridized carbons (Fsp3) is 0.357. The first-order chi connectivity index (χ1) is 10.5. The molecule has 0 bridgehead atoms. The van der Waals surface area contributed by atoms with E-state index in [9.17, 15) is 9.59 Å². The Bertz CT molecular complexity index is 681. The number of nitrogens with one attached hydrogen (secondary N) is 1. The van der Waals surface area contributed by atoms with Gasteiger partial charge >= 0.3 is 5.97 Å². The first-order valence-corrected chi connectivity index (χ1v) is 6.79. The molecule has 2 aromatic rings. The minimum atomic E-state index is -0.408. The molecular formula is C14H17N5O3. The molecule has 0 atom stereocenters. The van der Waals surface area contributed by atoms with Crippen molar-refractivity contribution in [2.45, 2.75) is 26.5 Å². The number of amides is 1. The van der Waals surface area contributed by atoms with Gasteiger partial charge in [0.15, 0.2) is 0 Å². The Morgan fingerprint density at radius 3 is 2.82 bits per heavy atom. The zero-order chi connectivity index (χ0) is 16.1. The Labute approximate surface area is 127 Å². The molecule has 1 N–H and O–H groups in total. The van der Waals surface area contributed by atoms with E-state index in [1.54, 1.807) is 38.1 Å². The molecule has 0 spiro atoms. The first-order valence-electron chi connectivity index (χ1n) is 6.79. The van der Waals surface area contributed by atoms with Crippen molar-refractivity contribution in [3.05, 3.63) is 29.8 Å². The molecule has 8 heteroatoms. The molecule has 0 aliphatic rings. The molecule has 1 aromatic carbocycles. The quantitative estimate of drug-likeness (QED) is 0.814. The van der Waals surface area contributed by atoms with E-state index in [0.29, 0.717) is 17.0 Å². The lowest BCUT2D eigenvalue weighted by atomic mass is 10.1. The third kappa shape index (κ3) is 3.87. The lowest BCUT2D eigenvalue weighted by molar-refractivity contribution is -0.121. The summed E-state index contributed by atoms with van der Waals surface area (Å²) in [6, 6.07) is 6.76. The van der Waals surface area contributed by atoms with Crippen LogP contribution in [0.3, 0.4) is 0 Å². The van der Waals surface area contributed by atoms with E-state index in [1.165, 1.54) is 11.8 Å². The second-order valence-corrected chi connectivity index (χ2v) is 4.85. The Morgan fingerprint density at radius 2 is 2.14 bits per heavy atom. The number of likely N-dealkylation sites (N-methyl/N-ethyl adjacent to an activating group) is 1. The number of esters is 1. The van der Waals surface area contributed by atoms with Crippen LogP contribution in [0.2, 0.25) is 0 Å². The van der Waals surface area contributed by atoms with Crippen LogP contribution >= 0.6 is 0 Å². The van der Waals surface area contributed by atoms with Gasteiger partial charge in [-0.2, -0.15) is 4.80 Å². The van der Waals surface area contributed by atoms with Crippen LogP contribution < -0.4 is 5.32 Å². The summed E-state index contributed by atoms with van der Waals surface area (Å²) in [5, 5.41) is 14.3. The predicted octanol–water partition coefficient (Wildman–Crippen LogP) is 0.651. The summed E-state index contributed by atoms with van der Waals surface area (Å²) in [4.78, 5) is 24.4. The van der Waals surface area contributed by atoms with E-state index < -0.39 is 5.97 Å². The summed E-state index contributed by atoms with van der Waals surface area (Å²) in [7, 11) is 1.53. The molecule has 116 valence electrons. The maximum Gasteiger partial charge on any atom is 0.338 e. The van der Waals surface area contributed by atoms with Gasteiger partial charge in [-0.15, -0.1) is 10.2 Å². The standard InChI is InChI=1S/C14H17N5O3/c1-9(2)22-14(21)11-6-4-5-10(7-11)13-16-18-19(17-13)8-12(20)15-3/h4-7,9H,8H2,1-3H3,(H,15,20). The molecule has 0 fully saturated rings. The molecule has 0 aliphatic carbocycles. The van der Waals surface area contributed by atoms with Crippen molar-refractivity contribution >= 4 is 11.9 Å². The maximum atomic E-state index is 11.9. The lowest BCUT2D eigenvalue weighted by Crippen LogP contribution is -2.24. The molecule has 1 heterocycles. The van der Waals surface area contributed by atoms with Crippen molar-refractivity contribution in [1.29, 1.82) is 0 Å². The molecule has 0 radical (unpaired) electrons. The van der Waals surface area contributed by atoms with Gasteiger partial charge in [-0.05, 0) is 31.2 Å². The van der Waals surface area contributed by atoms with Crippen molar-refractivity contribution in [2.24, 2.45) is 0 Å². The topological polar surface area (TPSA) is 99.0 Å². The number of aromatic nitrogens is 4. The van der Waals surface area contributed by atoms with Gasteiger partial charge in [0.2, 0.25) is 11.7 Å². The van der Waals surface area contributed by atoms with Gasteiger partial charge in [0.1, 0.15) is 6.54 Å². The fourth-order valence-corrected chi connectivity index (χ4v) is 1.70. The van der Waals surface area contributed by atoms with Crippen LogP contribution in [-0.2, 0) is 16.1 Å². The van der Waals surface area contributed by atoms with E-state index in [1.807, 2.05) is 0 Å². The smallest absolute Gasteiger partial charge is 0.338 e. The lowest BCUT2D eigenvalue weighted by Gasteiger charge is -2.08. The number of carbonyl (C=O) groups is 2. The monoisotopic (exact) mass is 303 g/mol. The van der Waals surface area contributed by atoms with Gasteiger partial charge in [0, 0.05) is 12.6 Å². The molecule has 0 saturated heterocycles. The van der Waals surface area contributed by atoms with Gasteiger partial charge in [0.25, 0.3) is 0 Å². The maximum absolute atomic E-state index is 11.9. The number of tetrazole rings is 1. The van der Waals surface area contributed by atoms with Gasteiger partial charge in [-0.1, -0.05) is 12.1 Å². The van der Waals surface area contributed by atoms with E-state index in [4.69, 9.17) is 4.74 Å². The Hall–Kier alpha value is -2.77. The zero-order valence-corrected chi connectivity index (χ0v) is 12.6. The summed E-state index contributed by atoms with van der Waals surface area (Å²) in [5.74, 6) is -0.295. The van der Waals surface area contributed by atoms with Gasteiger partial charge in [-0.25, -0.2) is 4.79 Å². The van der Waals surface area contributed by atoms with Crippen LogP contribution in [0.5, 0.6) is 0 Å². The molecule has 0 saturated carbocycles. The number of rotatable bonds is 5. The van der Waals surface area contributed by atoms with Crippen molar-refractivity contribution < 1.29 is 14.3 Å². The van der Waals surface area contributed by atoms with Crippen LogP contribution in [0.4, 0.5) is 0 Å². The van der Waals surface area contributed by atoms with Crippen molar-refractivity contribution in [3.8, 4) is 11.4 Å². The zero-order valence-electron chi connectivity index (χ0n) is 12.6. The van der Waals surface area contributed by atoms with E-state index in [2.05, 4.69) is 20.7 Å². The highest BCUT2D eigenvalue weighted by atomic mass is 16.5. The van der Waals surface area contributed by atoms with Crippen LogP contribution in [0.15, 0.2) is 24.3 Å². The predicted molar refractivity (Wildman–Crippen MR) is 77.9 cm³/mol. The third-order valence-corrected chi connectivity index (χ3v) is 2.72. The molecule has 8 nitrogen and oxygen atoms in total. The average Bonchev–Trinajstić information content (AvgIpc) is 2.95. The first kappa shape index (κ1) is 15.6. The number of benzene rings is 1. The highest BCUT2D eigenvalue weighted by Gasteiger charge is 2.13. The van der Waals surface area contributed by atoms with Gasteiger partial charge in [-0.3, -0.25) is 4.79 Å². The normalized spacial score (nSPS) is 10.5. The Balaban J connectivity index is 2.19. The van der Waals surface area contributed by atoms with Crippen LogP contribution in [0.1, 0.15) is 24.2 Å². The molecule has 0 unspecified atom stereocenters. The number of nitrogens with zero attached hydrogens (tertiary/aromatic N) is 4. The number of hydrogen-bond acceptors (Lipinski definition) is 6. The van der Waals surface area contributed by atoms with Crippen molar-refractivity contribution in [3.63, 3.8) is 0 Å². The highest BCUT2D eigenvalue weighted by Crippen LogP contribution is 2.16. The largest absolute Gasteiger partial charge is 0.459 e. The minimum Gasteiger partial charge on any atom is -0.459 e. The second kappa shape index (κ2) is 6.79. The summed E-state index contributed by atoms with van der Waals surface area (Å²) in [6.07, 6.45) is -0.192. The third-order valence-electron chi connectivity index (χ3n) is 2.72. The van der Waals surface area contributed by atoms with E-state index in [0.717, 1.165) is 0 Å². The Morgan fingerprint density at radius 1 is 1.36 bits per heavy atom. The van der Waals surface area contributed by atoms with Gasteiger partial charge < -0.3 is 10.1 Å². The minimum absolute atomic E-state index is 0.0153. The molecule has 2 rings (SSSR count). The summed E-state index contributed by atoms with van der Waals surface area (Å²) < 4.78 is 5.15. The van der Waals surface area contributed by atoms with Gasteiger partial charge in [0.05, 0.1) is 11.7 Å². The molecule has 0 aliphatic heterocycles. The molecule has 1 amide bonds. The second-order valence-electron chi connectivity index (χ2n) is 4.85. The number of ether oxygens (including phenoxy) is 1. The SMILES string of the molecule is CNC(=O)Cn1nnc(-c2cccc(C(=O)OC(C)C)c2)n1. The highest BCUT2D eigenvalue weighted by molar-refractivity contribution is 5.90. The van der Waals surface area contributed by atoms with E-state index >= 15 is 0 Å². The molecular weight excluding hydrogens is 286 g/mol. The summed E-state index contributed by atoms with van der Waals surface area (Å²) in [5.41, 5.74) is 1.04. The molecule has 1 aromatic heterocycles. The fourth-order valence-electron chi connectivity index (χ4n) is 1.70. The van der Waals surface area contributed by atoms with Crippen molar-refractivity contribution in [1.82, 2.24) is 25.5 Å². The summed E-state index contributed by atoms with van der Waals surface area (Å²) >= 11 is 0. The summed E-state index contributed by atoms with van der Waals surface area (Å²) in [6.45, 7) is 3.56. The van der Waals surface area contributed by atoms with Crippen LogP contribution in [0, 0.1) is 0 Å². The van der Waals surface area contributed by atoms with Crippen LogP contribution in [-0.4, -0.2) is 45.2 Å².